The van der Waals surface area contributed by atoms with Crippen LogP contribution in [0, 0.1) is 5.41 Å². The van der Waals surface area contributed by atoms with Crippen LogP contribution in [-0.2, 0) is 9.47 Å². The SMILES string of the molecule is CCC1(CO)COC2(CC(C)(C)N(O)C(CC)(CC)C2)OC1. The summed E-state index contributed by atoms with van der Waals surface area (Å²) in [4.78, 5) is 0. The van der Waals surface area contributed by atoms with E-state index in [2.05, 4.69) is 20.8 Å². The van der Waals surface area contributed by atoms with Gasteiger partial charge in [-0.15, -0.1) is 0 Å². The van der Waals surface area contributed by atoms with Gasteiger partial charge in [0, 0.05) is 23.8 Å². The van der Waals surface area contributed by atoms with Crippen LogP contribution in [0.25, 0.3) is 0 Å². The molecule has 2 fully saturated rings. The summed E-state index contributed by atoms with van der Waals surface area (Å²) in [6, 6.07) is 0. The Morgan fingerprint density at radius 1 is 0.955 bits per heavy atom. The minimum absolute atomic E-state index is 0.0851. The first-order chi connectivity index (χ1) is 10.2. The molecule has 5 heteroatoms. The smallest absolute Gasteiger partial charge is 0.172 e. The molecule has 2 aliphatic heterocycles. The van der Waals surface area contributed by atoms with Gasteiger partial charge in [-0.25, -0.2) is 0 Å². The molecule has 0 aromatic rings. The summed E-state index contributed by atoms with van der Waals surface area (Å²) in [7, 11) is 0. The summed E-state index contributed by atoms with van der Waals surface area (Å²) in [6.07, 6.45) is 3.82. The molecule has 2 rings (SSSR count). The Hall–Kier alpha value is -0.200. The van der Waals surface area contributed by atoms with E-state index in [4.69, 9.17) is 9.47 Å². The first-order valence-electron chi connectivity index (χ1n) is 8.61. The quantitative estimate of drug-likeness (QED) is 0.835. The first-order valence-corrected chi connectivity index (χ1v) is 8.61. The fourth-order valence-corrected chi connectivity index (χ4v) is 4.08. The lowest BCUT2D eigenvalue weighted by molar-refractivity contribution is -0.380. The third kappa shape index (κ3) is 2.82. The van der Waals surface area contributed by atoms with Crippen LogP contribution < -0.4 is 0 Å². The number of ether oxygens (including phenoxy) is 2. The number of hydroxylamine groups is 2. The van der Waals surface area contributed by atoms with Crippen LogP contribution in [0.2, 0.25) is 0 Å². The van der Waals surface area contributed by atoms with Crippen molar-refractivity contribution in [1.82, 2.24) is 5.06 Å². The van der Waals surface area contributed by atoms with Crippen LogP contribution >= 0.6 is 0 Å². The molecule has 0 amide bonds. The average molecular weight is 315 g/mol. The molecule has 0 bridgehead atoms. The van der Waals surface area contributed by atoms with Crippen molar-refractivity contribution in [3.05, 3.63) is 0 Å². The molecule has 2 saturated heterocycles. The zero-order chi connectivity index (χ0) is 16.6. The van der Waals surface area contributed by atoms with Gasteiger partial charge in [-0.3, -0.25) is 0 Å². The number of aliphatic hydroxyl groups excluding tert-OH is 1. The molecule has 130 valence electrons. The van der Waals surface area contributed by atoms with Crippen molar-refractivity contribution in [2.45, 2.75) is 83.6 Å². The third-order valence-corrected chi connectivity index (χ3v) is 6.01. The van der Waals surface area contributed by atoms with E-state index in [0.29, 0.717) is 26.1 Å². The van der Waals surface area contributed by atoms with E-state index < -0.39 is 11.3 Å². The molecule has 0 radical (unpaired) electrons. The van der Waals surface area contributed by atoms with E-state index in [1.54, 1.807) is 0 Å². The van der Waals surface area contributed by atoms with Gasteiger partial charge in [-0.2, -0.15) is 5.06 Å². The maximum atomic E-state index is 10.7. The summed E-state index contributed by atoms with van der Waals surface area (Å²) in [5, 5.41) is 21.9. The second-order valence-corrected chi connectivity index (χ2v) is 7.91. The highest BCUT2D eigenvalue weighted by atomic mass is 16.7. The Bertz CT molecular complexity index is 378. The predicted octanol–water partition coefficient (Wildman–Crippen LogP) is 2.94. The Morgan fingerprint density at radius 2 is 1.50 bits per heavy atom. The lowest BCUT2D eigenvalue weighted by Gasteiger charge is -2.59. The molecule has 2 N–H and O–H groups in total. The maximum Gasteiger partial charge on any atom is 0.172 e. The highest BCUT2D eigenvalue weighted by Crippen LogP contribution is 2.50. The van der Waals surface area contributed by atoms with E-state index in [1.165, 1.54) is 5.06 Å². The highest BCUT2D eigenvalue weighted by Gasteiger charge is 2.58. The van der Waals surface area contributed by atoms with Crippen LogP contribution in [0.1, 0.15) is 66.7 Å². The molecule has 0 unspecified atom stereocenters. The predicted molar refractivity (Wildman–Crippen MR) is 84.7 cm³/mol. The van der Waals surface area contributed by atoms with Gasteiger partial charge in [0.25, 0.3) is 0 Å². The van der Waals surface area contributed by atoms with Gasteiger partial charge in [0.2, 0.25) is 0 Å². The molecule has 0 aromatic heterocycles. The molecule has 2 aliphatic rings. The van der Waals surface area contributed by atoms with Gasteiger partial charge in [0.1, 0.15) is 0 Å². The monoisotopic (exact) mass is 315 g/mol. The highest BCUT2D eigenvalue weighted by molar-refractivity contribution is 5.05. The summed E-state index contributed by atoms with van der Waals surface area (Å²) >= 11 is 0. The van der Waals surface area contributed by atoms with E-state index >= 15 is 0 Å². The number of piperidine rings is 1. The Morgan fingerprint density at radius 3 is 1.91 bits per heavy atom. The van der Waals surface area contributed by atoms with Crippen molar-refractivity contribution < 1.29 is 19.8 Å². The van der Waals surface area contributed by atoms with Crippen LogP contribution in [0.15, 0.2) is 0 Å². The minimum atomic E-state index is -0.650. The number of hydrogen-bond donors (Lipinski definition) is 2. The summed E-state index contributed by atoms with van der Waals surface area (Å²) < 4.78 is 12.5. The Balaban J connectivity index is 2.26. The van der Waals surface area contributed by atoms with Crippen LogP contribution in [0.5, 0.6) is 0 Å². The van der Waals surface area contributed by atoms with Crippen LogP contribution in [0.4, 0.5) is 0 Å². The number of aliphatic hydroxyl groups is 1. The minimum Gasteiger partial charge on any atom is -0.396 e. The van der Waals surface area contributed by atoms with E-state index in [-0.39, 0.29) is 17.6 Å². The lowest BCUT2D eigenvalue weighted by atomic mass is 9.72. The largest absolute Gasteiger partial charge is 0.396 e. The second kappa shape index (κ2) is 6.02. The fourth-order valence-electron chi connectivity index (χ4n) is 4.08. The fraction of sp³-hybridized carbons (Fsp3) is 1.00. The standard InChI is InChI=1S/C17H33NO4/c1-6-15(11-19)12-21-17(22-13-15)9-14(4,5)18(20)16(7-2,8-3)10-17/h19-20H,6-13H2,1-5H3. The van der Waals surface area contributed by atoms with Crippen molar-refractivity contribution in [2.24, 2.45) is 5.41 Å². The molecule has 1 spiro atoms. The van der Waals surface area contributed by atoms with Gasteiger partial charge in [0.05, 0.1) is 25.4 Å². The van der Waals surface area contributed by atoms with E-state index in [0.717, 1.165) is 19.3 Å². The molecule has 0 aliphatic carbocycles. The van der Waals surface area contributed by atoms with E-state index in [9.17, 15) is 10.3 Å². The average Bonchev–Trinajstić information content (AvgIpc) is 2.52. The molecule has 0 saturated carbocycles. The van der Waals surface area contributed by atoms with Gasteiger partial charge >= 0.3 is 0 Å². The maximum absolute atomic E-state index is 10.7. The zero-order valence-electron chi connectivity index (χ0n) is 14.8. The normalized spacial score (nSPS) is 38.3. The van der Waals surface area contributed by atoms with Gasteiger partial charge < -0.3 is 19.8 Å². The topological polar surface area (TPSA) is 62.2 Å². The van der Waals surface area contributed by atoms with Gasteiger partial charge in [-0.1, -0.05) is 20.8 Å². The molecule has 0 atom stereocenters. The third-order valence-electron chi connectivity index (χ3n) is 6.01. The summed E-state index contributed by atoms with van der Waals surface area (Å²) in [6.45, 7) is 11.5. The lowest BCUT2D eigenvalue weighted by Crippen LogP contribution is -2.69. The summed E-state index contributed by atoms with van der Waals surface area (Å²) in [5.41, 5.74) is -1.02. The van der Waals surface area contributed by atoms with Crippen molar-refractivity contribution in [3.8, 4) is 0 Å². The molecule has 5 nitrogen and oxygen atoms in total. The molecule has 0 aromatic carbocycles. The van der Waals surface area contributed by atoms with E-state index in [1.807, 2.05) is 13.8 Å². The first kappa shape index (κ1) is 18.1. The van der Waals surface area contributed by atoms with Crippen LogP contribution in [0.3, 0.4) is 0 Å². The van der Waals surface area contributed by atoms with Gasteiger partial charge in [0.15, 0.2) is 5.79 Å². The number of hydrogen-bond acceptors (Lipinski definition) is 5. The van der Waals surface area contributed by atoms with Crippen molar-refractivity contribution in [2.75, 3.05) is 19.8 Å². The molecule has 22 heavy (non-hydrogen) atoms. The Kier molecular flexibility index (Phi) is 4.97. The molecular weight excluding hydrogens is 282 g/mol. The zero-order valence-corrected chi connectivity index (χ0v) is 14.8. The Labute approximate surface area is 134 Å². The van der Waals surface area contributed by atoms with Crippen molar-refractivity contribution in [1.29, 1.82) is 0 Å². The number of rotatable bonds is 4. The molecular formula is C17H33NO4. The van der Waals surface area contributed by atoms with Gasteiger partial charge in [-0.05, 0) is 33.1 Å². The molecule has 2 heterocycles. The second-order valence-electron chi connectivity index (χ2n) is 7.91. The summed E-state index contributed by atoms with van der Waals surface area (Å²) in [5.74, 6) is -0.650. The van der Waals surface area contributed by atoms with Crippen LogP contribution in [-0.4, -0.2) is 52.1 Å². The number of nitrogens with zero attached hydrogens (tertiary/aromatic N) is 1. The van der Waals surface area contributed by atoms with Crippen molar-refractivity contribution >= 4 is 0 Å². The van der Waals surface area contributed by atoms with Crippen molar-refractivity contribution in [3.63, 3.8) is 0 Å².